The van der Waals surface area contributed by atoms with Crippen LogP contribution < -0.4 is 5.32 Å². The molecule has 2 rings (SSSR count). The summed E-state index contributed by atoms with van der Waals surface area (Å²) >= 11 is 0. The minimum absolute atomic E-state index is 0.336. The van der Waals surface area contributed by atoms with Crippen LogP contribution in [0.15, 0.2) is 18.2 Å². The molecule has 1 aliphatic heterocycles. The van der Waals surface area contributed by atoms with Gasteiger partial charge in [0.2, 0.25) is 0 Å². The molecule has 1 unspecified atom stereocenters. The third-order valence-electron chi connectivity index (χ3n) is 3.44. The third kappa shape index (κ3) is 4.23. The molecule has 0 radical (unpaired) electrons. The summed E-state index contributed by atoms with van der Waals surface area (Å²) in [6, 6.07) is 3.47. The molecule has 1 saturated heterocycles. The minimum atomic E-state index is -0.930. The standard InChI is InChI=1S/C14H19F2NO2/c15-12-2-1-11(7-13(12)16)14(18)9-17-8-10-3-5-19-6-4-10/h1-2,7,10,14,17-18H,3-6,8-9H2. The first kappa shape index (κ1) is 14.4. The van der Waals surface area contributed by atoms with Crippen LogP contribution in [0.3, 0.4) is 0 Å². The molecule has 1 heterocycles. The van der Waals surface area contributed by atoms with E-state index in [-0.39, 0.29) is 0 Å². The summed E-state index contributed by atoms with van der Waals surface area (Å²) in [6.45, 7) is 2.72. The number of aliphatic hydroxyl groups excluding tert-OH is 1. The lowest BCUT2D eigenvalue weighted by atomic mass is 10.0. The molecule has 5 heteroatoms. The molecule has 0 spiro atoms. The van der Waals surface area contributed by atoms with Gasteiger partial charge in [0.15, 0.2) is 11.6 Å². The lowest BCUT2D eigenvalue weighted by Gasteiger charge is -2.23. The van der Waals surface area contributed by atoms with Crippen molar-refractivity contribution in [3.8, 4) is 0 Å². The summed E-state index contributed by atoms with van der Waals surface area (Å²) in [6.07, 6.45) is 1.22. The second-order valence-corrected chi connectivity index (χ2v) is 4.90. The molecule has 1 atom stereocenters. The van der Waals surface area contributed by atoms with E-state index < -0.39 is 17.7 Å². The summed E-state index contributed by atoms with van der Waals surface area (Å²) in [5.74, 6) is -1.27. The number of hydrogen-bond donors (Lipinski definition) is 2. The topological polar surface area (TPSA) is 41.5 Å². The molecule has 19 heavy (non-hydrogen) atoms. The molecule has 1 aromatic rings. The summed E-state index contributed by atoms with van der Waals surface area (Å²) in [7, 11) is 0. The fourth-order valence-electron chi connectivity index (χ4n) is 2.21. The monoisotopic (exact) mass is 271 g/mol. The van der Waals surface area contributed by atoms with Crippen molar-refractivity contribution in [2.75, 3.05) is 26.3 Å². The zero-order valence-corrected chi connectivity index (χ0v) is 10.7. The zero-order valence-electron chi connectivity index (χ0n) is 10.7. The van der Waals surface area contributed by atoms with Gasteiger partial charge < -0.3 is 15.2 Å². The Hall–Kier alpha value is -1.04. The van der Waals surface area contributed by atoms with E-state index in [1.54, 1.807) is 0 Å². The van der Waals surface area contributed by atoms with E-state index in [9.17, 15) is 13.9 Å². The molecule has 0 bridgehead atoms. The molecule has 1 aromatic carbocycles. The summed E-state index contributed by atoms with van der Waals surface area (Å²) < 4.78 is 31.1. The smallest absolute Gasteiger partial charge is 0.159 e. The Morgan fingerprint density at radius 1 is 1.26 bits per heavy atom. The van der Waals surface area contributed by atoms with Crippen LogP contribution in [0.1, 0.15) is 24.5 Å². The Morgan fingerprint density at radius 2 is 2.00 bits per heavy atom. The maximum atomic E-state index is 13.0. The number of benzene rings is 1. The second-order valence-electron chi connectivity index (χ2n) is 4.90. The summed E-state index contributed by atoms with van der Waals surface area (Å²) in [5, 5.41) is 13.1. The molecule has 1 aliphatic rings. The Labute approximate surface area is 111 Å². The fraction of sp³-hybridized carbons (Fsp3) is 0.571. The fourth-order valence-corrected chi connectivity index (χ4v) is 2.21. The van der Waals surface area contributed by atoms with E-state index in [1.165, 1.54) is 6.07 Å². The number of hydrogen-bond acceptors (Lipinski definition) is 3. The number of rotatable bonds is 5. The highest BCUT2D eigenvalue weighted by molar-refractivity contribution is 5.20. The van der Waals surface area contributed by atoms with Gasteiger partial charge in [-0.2, -0.15) is 0 Å². The van der Waals surface area contributed by atoms with Crippen LogP contribution in [0.4, 0.5) is 8.78 Å². The van der Waals surface area contributed by atoms with Crippen LogP contribution in [0.2, 0.25) is 0 Å². The molecule has 3 nitrogen and oxygen atoms in total. The van der Waals surface area contributed by atoms with Gasteiger partial charge in [0.25, 0.3) is 0 Å². The van der Waals surface area contributed by atoms with Gasteiger partial charge in [0.1, 0.15) is 0 Å². The van der Waals surface area contributed by atoms with Gasteiger partial charge >= 0.3 is 0 Å². The molecule has 0 aliphatic carbocycles. The first-order chi connectivity index (χ1) is 9.16. The zero-order chi connectivity index (χ0) is 13.7. The normalized spacial score (nSPS) is 18.5. The van der Waals surface area contributed by atoms with Gasteiger partial charge in [-0.15, -0.1) is 0 Å². The van der Waals surface area contributed by atoms with Crippen LogP contribution in [0, 0.1) is 17.6 Å². The third-order valence-corrected chi connectivity index (χ3v) is 3.44. The highest BCUT2D eigenvalue weighted by Crippen LogP contribution is 2.17. The van der Waals surface area contributed by atoms with E-state index in [2.05, 4.69) is 5.32 Å². The van der Waals surface area contributed by atoms with E-state index >= 15 is 0 Å². The molecule has 106 valence electrons. The van der Waals surface area contributed by atoms with Crippen molar-refractivity contribution in [3.05, 3.63) is 35.4 Å². The quantitative estimate of drug-likeness (QED) is 0.861. The van der Waals surface area contributed by atoms with Crippen LogP contribution in [0.5, 0.6) is 0 Å². The molecule has 2 N–H and O–H groups in total. The van der Waals surface area contributed by atoms with Crippen molar-refractivity contribution in [2.45, 2.75) is 18.9 Å². The van der Waals surface area contributed by atoms with E-state index in [4.69, 9.17) is 4.74 Å². The molecule has 0 amide bonds. The predicted molar refractivity (Wildman–Crippen MR) is 67.7 cm³/mol. The van der Waals surface area contributed by atoms with Crippen LogP contribution in [-0.2, 0) is 4.74 Å². The van der Waals surface area contributed by atoms with E-state index in [0.29, 0.717) is 18.0 Å². The average molecular weight is 271 g/mol. The SMILES string of the molecule is OC(CNCC1CCOCC1)c1ccc(F)c(F)c1. The van der Waals surface area contributed by atoms with Crippen molar-refractivity contribution in [1.29, 1.82) is 0 Å². The van der Waals surface area contributed by atoms with Crippen LogP contribution >= 0.6 is 0 Å². The summed E-state index contributed by atoms with van der Waals surface area (Å²) in [5.41, 5.74) is 0.387. The molecular weight excluding hydrogens is 252 g/mol. The highest BCUT2D eigenvalue weighted by atomic mass is 19.2. The lowest BCUT2D eigenvalue weighted by Crippen LogP contribution is -2.30. The van der Waals surface area contributed by atoms with Gasteiger partial charge in [-0.25, -0.2) is 8.78 Å². The first-order valence-electron chi connectivity index (χ1n) is 6.58. The minimum Gasteiger partial charge on any atom is -0.387 e. The van der Waals surface area contributed by atoms with E-state index in [1.807, 2.05) is 0 Å². The Kier molecular flexibility index (Phi) is 5.24. The van der Waals surface area contributed by atoms with Crippen molar-refractivity contribution < 1.29 is 18.6 Å². The highest BCUT2D eigenvalue weighted by Gasteiger charge is 2.15. The van der Waals surface area contributed by atoms with Gasteiger partial charge in [0, 0.05) is 19.8 Å². The maximum absolute atomic E-state index is 13.0. The Balaban J connectivity index is 1.76. The number of aliphatic hydroxyl groups is 1. The first-order valence-corrected chi connectivity index (χ1v) is 6.58. The Bertz CT molecular complexity index is 408. The van der Waals surface area contributed by atoms with Gasteiger partial charge in [0.05, 0.1) is 6.10 Å². The predicted octanol–water partition coefficient (Wildman–Crippen LogP) is 2.01. The van der Waals surface area contributed by atoms with E-state index in [0.717, 1.165) is 44.7 Å². The van der Waals surface area contributed by atoms with Crippen molar-refractivity contribution in [3.63, 3.8) is 0 Å². The van der Waals surface area contributed by atoms with Gasteiger partial charge in [-0.3, -0.25) is 0 Å². The van der Waals surface area contributed by atoms with Gasteiger partial charge in [-0.05, 0) is 43.0 Å². The van der Waals surface area contributed by atoms with Gasteiger partial charge in [-0.1, -0.05) is 6.07 Å². The van der Waals surface area contributed by atoms with Crippen molar-refractivity contribution in [2.24, 2.45) is 5.92 Å². The van der Waals surface area contributed by atoms with Crippen LogP contribution in [-0.4, -0.2) is 31.4 Å². The number of ether oxygens (including phenoxy) is 1. The van der Waals surface area contributed by atoms with Crippen molar-refractivity contribution in [1.82, 2.24) is 5.32 Å². The largest absolute Gasteiger partial charge is 0.387 e. The molecular formula is C14H19F2NO2. The molecule has 1 fully saturated rings. The number of halogens is 2. The molecule has 0 saturated carbocycles. The van der Waals surface area contributed by atoms with Crippen LogP contribution in [0.25, 0.3) is 0 Å². The molecule has 0 aromatic heterocycles. The number of nitrogens with one attached hydrogen (secondary N) is 1. The van der Waals surface area contributed by atoms with Crippen molar-refractivity contribution >= 4 is 0 Å². The average Bonchev–Trinajstić information content (AvgIpc) is 2.43. The lowest BCUT2D eigenvalue weighted by molar-refractivity contribution is 0.0649. The maximum Gasteiger partial charge on any atom is 0.159 e. The summed E-state index contributed by atoms with van der Waals surface area (Å²) in [4.78, 5) is 0. The second kappa shape index (κ2) is 6.93. The Morgan fingerprint density at radius 3 is 2.68 bits per heavy atom.